The first-order valence-electron chi connectivity index (χ1n) is 9.06. The molecule has 122 valence electrons. The summed E-state index contributed by atoms with van der Waals surface area (Å²) in [6.07, 6.45) is 14.7. The van der Waals surface area contributed by atoms with E-state index in [2.05, 4.69) is 9.97 Å². The first-order chi connectivity index (χ1) is 10.7. The summed E-state index contributed by atoms with van der Waals surface area (Å²) < 4.78 is 0. The van der Waals surface area contributed by atoms with Gasteiger partial charge in [-0.3, -0.25) is 0 Å². The summed E-state index contributed by atoms with van der Waals surface area (Å²) in [6, 6.07) is 0. The number of rotatable bonds is 5. The molecule has 2 aliphatic rings. The molecule has 0 radical (unpaired) electrons. The van der Waals surface area contributed by atoms with Gasteiger partial charge in [-0.15, -0.1) is 0 Å². The summed E-state index contributed by atoms with van der Waals surface area (Å²) in [7, 11) is 0. The second kappa shape index (κ2) is 7.30. The summed E-state index contributed by atoms with van der Waals surface area (Å²) in [5.41, 5.74) is 1.13. The molecule has 0 aromatic carbocycles. The molecule has 0 bridgehead atoms. The maximum Gasteiger partial charge on any atom is 0.356 e. The number of aromatic amines is 1. The van der Waals surface area contributed by atoms with Crippen LogP contribution in [0.5, 0.6) is 0 Å². The fraction of sp³-hybridized carbons (Fsp3) is 0.778. The molecule has 3 rings (SSSR count). The van der Waals surface area contributed by atoms with Crippen molar-refractivity contribution in [1.29, 1.82) is 0 Å². The van der Waals surface area contributed by atoms with E-state index in [1.54, 1.807) is 0 Å². The van der Waals surface area contributed by atoms with Gasteiger partial charge in [0.15, 0.2) is 5.69 Å². The van der Waals surface area contributed by atoms with Crippen LogP contribution in [0.2, 0.25) is 0 Å². The monoisotopic (exact) mass is 304 g/mol. The summed E-state index contributed by atoms with van der Waals surface area (Å²) in [5, 5.41) is 9.43. The average molecular weight is 304 g/mol. The van der Waals surface area contributed by atoms with Crippen molar-refractivity contribution in [2.75, 3.05) is 0 Å². The predicted molar refractivity (Wildman–Crippen MR) is 86.3 cm³/mol. The molecule has 2 fully saturated rings. The fourth-order valence-electron chi connectivity index (χ4n) is 4.18. The largest absolute Gasteiger partial charge is 0.476 e. The lowest BCUT2D eigenvalue weighted by Crippen LogP contribution is -2.09. The number of nitrogens with one attached hydrogen (secondary N) is 1. The molecule has 0 atom stereocenters. The van der Waals surface area contributed by atoms with Crippen LogP contribution in [0.4, 0.5) is 0 Å². The Morgan fingerprint density at radius 2 is 1.68 bits per heavy atom. The molecule has 0 saturated heterocycles. The Labute approximate surface area is 132 Å². The normalized spacial score (nSPS) is 21.1. The van der Waals surface area contributed by atoms with Crippen molar-refractivity contribution in [2.24, 2.45) is 5.92 Å². The molecule has 0 aliphatic heterocycles. The number of aromatic nitrogens is 2. The minimum Gasteiger partial charge on any atom is -0.476 e. The molecular weight excluding hydrogens is 276 g/mol. The number of hydrogen-bond acceptors (Lipinski definition) is 2. The number of imidazole rings is 1. The molecule has 2 aliphatic carbocycles. The van der Waals surface area contributed by atoms with Gasteiger partial charge in [-0.1, -0.05) is 51.4 Å². The van der Waals surface area contributed by atoms with Crippen LogP contribution in [0, 0.1) is 5.92 Å². The standard InChI is InChI=1S/C18H28N2O2/c21-18(22)16-15(12-11-13-7-3-1-4-8-13)19-17(20-16)14-9-5-2-6-10-14/h13-14H,1-12H2,(H,19,20)(H,21,22). The molecule has 22 heavy (non-hydrogen) atoms. The zero-order valence-electron chi connectivity index (χ0n) is 13.4. The van der Waals surface area contributed by atoms with E-state index in [1.165, 1.54) is 51.4 Å². The zero-order valence-corrected chi connectivity index (χ0v) is 13.4. The molecule has 2 N–H and O–H groups in total. The van der Waals surface area contributed by atoms with Gasteiger partial charge in [0.1, 0.15) is 5.82 Å². The second-order valence-electron chi connectivity index (χ2n) is 7.13. The van der Waals surface area contributed by atoms with Crippen LogP contribution >= 0.6 is 0 Å². The van der Waals surface area contributed by atoms with E-state index in [0.717, 1.165) is 43.1 Å². The van der Waals surface area contributed by atoms with Gasteiger partial charge in [-0.2, -0.15) is 0 Å². The predicted octanol–water partition coefficient (Wildman–Crippen LogP) is 4.67. The maximum atomic E-state index is 11.5. The summed E-state index contributed by atoms with van der Waals surface area (Å²) in [5.74, 6) is 1.26. The van der Waals surface area contributed by atoms with Crippen molar-refractivity contribution in [3.63, 3.8) is 0 Å². The van der Waals surface area contributed by atoms with Crippen LogP contribution in [0.3, 0.4) is 0 Å². The molecule has 4 nitrogen and oxygen atoms in total. The molecule has 1 aromatic rings. The molecular formula is C18H28N2O2. The van der Waals surface area contributed by atoms with Crippen molar-refractivity contribution in [1.82, 2.24) is 9.97 Å². The molecule has 1 aromatic heterocycles. The Bertz CT molecular complexity index is 497. The second-order valence-corrected chi connectivity index (χ2v) is 7.13. The number of carbonyl (C=O) groups is 1. The summed E-state index contributed by atoms with van der Waals surface area (Å²) in [4.78, 5) is 19.3. The van der Waals surface area contributed by atoms with E-state index in [-0.39, 0.29) is 5.69 Å². The Balaban J connectivity index is 1.68. The topological polar surface area (TPSA) is 66.0 Å². The van der Waals surface area contributed by atoms with Crippen LogP contribution < -0.4 is 0 Å². The van der Waals surface area contributed by atoms with E-state index in [4.69, 9.17) is 0 Å². The number of nitrogens with zero attached hydrogens (tertiary/aromatic N) is 1. The van der Waals surface area contributed by atoms with Gasteiger partial charge in [-0.25, -0.2) is 9.78 Å². The molecule has 1 heterocycles. The van der Waals surface area contributed by atoms with Crippen molar-refractivity contribution >= 4 is 5.97 Å². The highest BCUT2D eigenvalue weighted by Crippen LogP contribution is 2.32. The summed E-state index contributed by atoms with van der Waals surface area (Å²) >= 11 is 0. The summed E-state index contributed by atoms with van der Waals surface area (Å²) in [6.45, 7) is 0. The Hall–Kier alpha value is -1.32. The van der Waals surface area contributed by atoms with E-state index in [1.807, 2.05) is 0 Å². The highest BCUT2D eigenvalue weighted by atomic mass is 16.4. The van der Waals surface area contributed by atoms with Crippen molar-refractivity contribution in [3.8, 4) is 0 Å². The Kier molecular flexibility index (Phi) is 5.16. The maximum absolute atomic E-state index is 11.5. The van der Waals surface area contributed by atoms with E-state index in [9.17, 15) is 9.90 Å². The average Bonchev–Trinajstić information content (AvgIpc) is 2.99. The highest BCUT2D eigenvalue weighted by molar-refractivity contribution is 5.86. The van der Waals surface area contributed by atoms with Crippen molar-refractivity contribution < 1.29 is 9.90 Å². The van der Waals surface area contributed by atoms with E-state index in [0.29, 0.717) is 5.92 Å². The van der Waals surface area contributed by atoms with Gasteiger partial charge in [0.25, 0.3) is 0 Å². The fourth-order valence-corrected chi connectivity index (χ4v) is 4.18. The van der Waals surface area contributed by atoms with Gasteiger partial charge in [0.05, 0.1) is 0 Å². The third-order valence-corrected chi connectivity index (χ3v) is 5.52. The lowest BCUT2D eigenvalue weighted by Gasteiger charge is -2.21. The number of hydrogen-bond donors (Lipinski definition) is 2. The third-order valence-electron chi connectivity index (χ3n) is 5.52. The first-order valence-corrected chi connectivity index (χ1v) is 9.06. The van der Waals surface area contributed by atoms with Gasteiger partial charge in [-0.05, 0) is 31.6 Å². The van der Waals surface area contributed by atoms with Gasteiger partial charge < -0.3 is 10.1 Å². The van der Waals surface area contributed by atoms with Crippen LogP contribution in [0.1, 0.15) is 98.6 Å². The van der Waals surface area contributed by atoms with Crippen LogP contribution in [0.15, 0.2) is 0 Å². The van der Waals surface area contributed by atoms with Gasteiger partial charge in [0.2, 0.25) is 0 Å². The zero-order chi connectivity index (χ0) is 15.4. The van der Waals surface area contributed by atoms with E-state index < -0.39 is 5.97 Å². The Morgan fingerprint density at radius 3 is 2.32 bits per heavy atom. The lowest BCUT2D eigenvalue weighted by molar-refractivity contribution is 0.0689. The van der Waals surface area contributed by atoms with Crippen molar-refractivity contribution in [3.05, 3.63) is 17.2 Å². The van der Waals surface area contributed by atoms with Gasteiger partial charge in [0, 0.05) is 11.6 Å². The lowest BCUT2D eigenvalue weighted by atomic mass is 9.85. The number of H-pyrrole nitrogens is 1. The van der Waals surface area contributed by atoms with Crippen LogP contribution in [-0.2, 0) is 6.42 Å². The molecule has 2 saturated carbocycles. The smallest absolute Gasteiger partial charge is 0.356 e. The number of aryl methyl sites for hydroxylation is 1. The molecule has 0 amide bonds. The van der Waals surface area contributed by atoms with Crippen LogP contribution in [-0.4, -0.2) is 21.0 Å². The highest BCUT2D eigenvalue weighted by Gasteiger charge is 2.24. The minimum absolute atomic E-state index is 0.274. The SMILES string of the molecule is O=C(O)c1nc(C2CCCCC2)[nH]c1CCC1CCCCC1. The number of carboxylic acids is 1. The quantitative estimate of drug-likeness (QED) is 0.830. The van der Waals surface area contributed by atoms with E-state index >= 15 is 0 Å². The third kappa shape index (κ3) is 3.71. The van der Waals surface area contributed by atoms with Crippen LogP contribution in [0.25, 0.3) is 0 Å². The molecule has 0 unspecified atom stereocenters. The molecule has 0 spiro atoms. The minimum atomic E-state index is -0.878. The number of aromatic carboxylic acids is 1. The number of carboxylic acid groups (broad SMARTS) is 1. The van der Waals surface area contributed by atoms with Gasteiger partial charge >= 0.3 is 5.97 Å². The molecule has 4 heteroatoms. The Morgan fingerprint density at radius 1 is 1.05 bits per heavy atom. The first kappa shape index (κ1) is 15.6. The van der Waals surface area contributed by atoms with Crippen molar-refractivity contribution in [2.45, 2.75) is 83.0 Å².